The highest BCUT2D eigenvalue weighted by atomic mass is 14.6. The zero-order valence-corrected chi connectivity index (χ0v) is 12.0. The molecule has 0 radical (unpaired) electrons. The summed E-state index contributed by atoms with van der Waals surface area (Å²) in [5.41, 5.74) is 12.1. The van der Waals surface area contributed by atoms with Crippen LogP contribution >= 0.6 is 0 Å². The van der Waals surface area contributed by atoms with Crippen LogP contribution in [-0.4, -0.2) is 0 Å². The summed E-state index contributed by atoms with van der Waals surface area (Å²) in [4.78, 5) is 0. The average molecular weight is 265 g/mol. The van der Waals surface area contributed by atoms with Gasteiger partial charge in [-0.25, -0.2) is 0 Å². The quantitative estimate of drug-likeness (QED) is 0.861. The molecule has 20 heavy (non-hydrogen) atoms. The molecule has 104 valence electrons. The van der Waals surface area contributed by atoms with Crippen molar-refractivity contribution >= 4 is 0 Å². The van der Waals surface area contributed by atoms with Gasteiger partial charge in [0.2, 0.25) is 0 Å². The van der Waals surface area contributed by atoms with Crippen LogP contribution in [0, 0.1) is 0 Å². The summed E-state index contributed by atoms with van der Waals surface area (Å²) in [6, 6.07) is 17.7. The summed E-state index contributed by atoms with van der Waals surface area (Å²) in [6.07, 6.45) is 7.14. The van der Waals surface area contributed by atoms with E-state index in [0.717, 1.165) is 19.3 Å². The summed E-state index contributed by atoms with van der Waals surface area (Å²) < 4.78 is 0. The minimum Gasteiger partial charge on any atom is -0.324 e. The molecular weight excluding hydrogens is 242 g/mol. The van der Waals surface area contributed by atoms with Gasteiger partial charge in [-0.05, 0) is 60.8 Å². The Kier molecular flexibility index (Phi) is 4.17. The van der Waals surface area contributed by atoms with Gasteiger partial charge < -0.3 is 5.73 Å². The van der Waals surface area contributed by atoms with Gasteiger partial charge in [-0.3, -0.25) is 0 Å². The maximum atomic E-state index is 6.35. The Balaban J connectivity index is 1.55. The lowest BCUT2D eigenvalue weighted by Crippen LogP contribution is -2.11. The first-order valence-electron chi connectivity index (χ1n) is 7.74. The first-order valence-corrected chi connectivity index (χ1v) is 7.74. The minimum absolute atomic E-state index is 0.185. The Bertz CT molecular complexity index is 559. The molecule has 0 aromatic heterocycles. The fraction of sp³-hybridized carbons (Fsp3) is 0.368. The fourth-order valence-corrected chi connectivity index (χ4v) is 3.16. The molecule has 0 saturated carbocycles. The maximum absolute atomic E-state index is 6.35. The molecule has 0 amide bonds. The van der Waals surface area contributed by atoms with Gasteiger partial charge in [0.1, 0.15) is 0 Å². The summed E-state index contributed by atoms with van der Waals surface area (Å²) in [7, 11) is 0. The van der Waals surface area contributed by atoms with E-state index < -0.39 is 0 Å². The second kappa shape index (κ2) is 6.23. The summed E-state index contributed by atoms with van der Waals surface area (Å²) in [6.45, 7) is 0. The molecule has 0 aliphatic heterocycles. The zero-order chi connectivity index (χ0) is 13.8. The van der Waals surface area contributed by atoms with E-state index in [1.807, 2.05) is 0 Å². The monoisotopic (exact) mass is 265 g/mol. The topological polar surface area (TPSA) is 26.0 Å². The van der Waals surface area contributed by atoms with Gasteiger partial charge in [-0.1, -0.05) is 48.5 Å². The number of hydrogen-bond donors (Lipinski definition) is 1. The van der Waals surface area contributed by atoms with Crippen molar-refractivity contribution in [3.63, 3.8) is 0 Å². The number of aryl methyl sites for hydroxylation is 3. The van der Waals surface area contributed by atoms with E-state index in [9.17, 15) is 0 Å². The molecule has 0 spiro atoms. The van der Waals surface area contributed by atoms with Crippen LogP contribution in [0.4, 0.5) is 0 Å². The van der Waals surface area contributed by atoms with Gasteiger partial charge in [0, 0.05) is 6.04 Å². The molecule has 3 rings (SSSR count). The third-order valence-corrected chi connectivity index (χ3v) is 4.37. The zero-order valence-electron chi connectivity index (χ0n) is 12.0. The van der Waals surface area contributed by atoms with Crippen LogP contribution in [0.2, 0.25) is 0 Å². The lowest BCUT2D eigenvalue weighted by atomic mass is 9.97. The molecule has 0 bridgehead atoms. The highest BCUT2D eigenvalue weighted by molar-refractivity contribution is 5.36. The van der Waals surface area contributed by atoms with Crippen molar-refractivity contribution < 1.29 is 0 Å². The largest absolute Gasteiger partial charge is 0.324 e. The van der Waals surface area contributed by atoms with E-state index >= 15 is 0 Å². The summed E-state index contributed by atoms with van der Waals surface area (Å²) in [5, 5.41) is 0. The van der Waals surface area contributed by atoms with E-state index in [2.05, 4.69) is 48.5 Å². The molecule has 1 unspecified atom stereocenters. The van der Waals surface area contributed by atoms with Crippen molar-refractivity contribution in [2.45, 2.75) is 44.6 Å². The third-order valence-electron chi connectivity index (χ3n) is 4.37. The second-order valence-electron chi connectivity index (χ2n) is 5.87. The number of hydrogen-bond acceptors (Lipinski definition) is 1. The first-order chi connectivity index (χ1) is 9.83. The number of nitrogens with two attached hydrogens (primary N) is 1. The Morgan fingerprint density at radius 3 is 2.60 bits per heavy atom. The lowest BCUT2D eigenvalue weighted by molar-refractivity contribution is 0.611. The third kappa shape index (κ3) is 3.10. The van der Waals surface area contributed by atoms with E-state index in [4.69, 9.17) is 5.73 Å². The molecule has 1 nitrogen and oxygen atoms in total. The molecule has 2 aromatic carbocycles. The Hall–Kier alpha value is -1.60. The molecule has 1 heteroatoms. The highest BCUT2D eigenvalue weighted by Gasteiger charge is 2.13. The van der Waals surface area contributed by atoms with Crippen LogP contribution in [0.15, 0.2) is 48.5 Å². The van der Waals surface area contributed by atoms with Crippen LogP contribution in [0.5, 0.6) is 0 Å². The van der Waals surface area contributed by atoms with Gasteiger partial charge in [0.05, 0.1) is 0 Å². The van der Waals surface area contributed by atoms with Gasteiger partial charge in [0.15, 0.2) is 0 Å². The van der Waals surface area contributed by atoms with Crippen LogP contribution in [0.3, 0.4) is 0 Å². The van der Waals surface area contributed by atoms with Gasteiger partial charge in [-0.15, -0.1) is 0 Å². The average Bonchev–Trinajstić information content (AvgIpc) is 2.95. The SMILES string of the molecule is NC(CCCc1ccccc1)c1ccc2c(c1)CCC2. The predicted octanol–water partition coefficient (Wildman–Crippen LogP) is 4.20. The minimum atomic E-state index is 0.185. The highest BCUT2D eigenvalue weighted by Crippen LogP contribution is 2.26. The molecule has 0 heterocycles. The van der Waals surface area contributed by atoms with Crippen LogP contribution in [0.25, 0.3) is 0 Å². The molecule has 1 aliphatic rings. The van der Waals surface area contributed by atoms with Crippen molar-refractivity contribution in [3.05, 3.63) is 70.8 Å². The number of benzene rings is 2. The van der Waals surface area contributed by atoms with Gasteiger partial charge in [-0.2, -0.15) is 0 Å². The number of rotatable bonds is 5. The molecule has 2 aromatic rings. The smallest absolute Gasteiger partial charge is 0.0295 e. The first kappa shape index (κ1) is 13.4. The normalized spacial score (nSPS) is 15.1. The number of fused-ring (bicyclic) bond motifs is 1. The van der Waals surface area contributed by atoms with Crippen molar-refractivity contribution in [2.75, 3.05) is 0 Å². The van der Waals surface area contributed by atoms with Crippen molar-refractivity contribution in [1.82, 2.24) is 0 Å². The fourth-order valence-electron chi connectivity index (χ4n) is 3.16. The molecule has 1 aliphatic carbocycles. The second-order valence-corrected chi connectivity index (χ2v) is 5.87. The Morgan fingerprint density at radius 2 is 1.75 bits per heavy atom. The van der Waals surface area contributed by atoms with Crippen molar-refractivity contribution in [1.29, 1.82) is 0 Å². The lowest BCUT2D eigenvalue weighted by Gasteiger charge is -2.13. The van der Waals surface area contributed by atoms with Gasteiger partial charge in [0.25, 0.3) is 0 Å². The molecule has 0 saturated heterocycles. The van der Waals surface area contributed by atoms with Crippen molar-refractivity contribution in [2.24, 2.45) is 5.73 Å². The van der Waals surface area contributed by atoms with E-state index in [1.165, 1.54) is 41.5 Å². The van der Waals surface area contributed by atoms with E-state index in [-0.39, 0.29) is 6.04 Å². The Morgan fingerprint density at radius 1 is 0.950 bits per heavy atom. The summed E-state index contributed by atoms with van der Waals surface area (Å²) in [5.74, 6) is 0. The Labute approximate surface area is 121 Å². The van der Waals surface area contributed by atoms with E-state index in [1.54, 1.807) is 0 Å². The predicted molar refractivity (Wildman–Crippen MR) is 84.8 cm³/mol. The van der Waals surface area contributed by atoms with Crippen molar-refractivity contribution in [3.8, 4) is 0 Å². The van der Waals surface area contributed by atoms with E-state index in [0.29, 0.717) is 0 Å². The molecule has 2 N–H and O–H groups in total. The molecule has 0 fully saturated rings. The van der Waals surface area contributed by atoms with Gasteiger partial charge >= 0.3 is 0 Å². The maximum Gasteiger partial charge on any atom is 0.0295 e. The summed E-state index contributed by atoms with van der Waals surface area (Å²) >= 11 is 0. The molecular formula is C19H23N. The molecule has 1 atom stereocenters. The van der Waals surface area contributed by atoms with Crippen LogP contribution in [0.1, 0.15) is 47.6 Å². The standard InChI is InChI=1S/C19H23N/c20-19(11-4-8-15-6-2-1-3-7-15)18-13-12-16-9-5-10-17(16)14-18/h1-3,6-7,12-14,19H,4-5,8-11,20H2. The van der Waals surface area contributed by atoms with Crippen LogP contribution < -0.4 is 5.73 Å². The van der Waals surface area contributed by atoms with Crippen LogP contribution in [-0.2, 0) is 19.3 Å².